The number of carbonyl (C=O) groups is 1. The van der Waals surface area contributed by atoms with Crippen LogP contribution in [0.25, 0.3) is 0 Å². The number of unbranched alkanes of at least 4 members (excludes halogenated alkanes) is 1. The molecular formula is C28H47NO2. The molecule has 1 rings (SSSR count). The van der Waals surface area contributed by atoms with Gasteiger partial charge in [-0.1, -0.05) is 60.4 Å². The summed E-state index contributed by atoms with van der Waals surface area (Å²) >= 11 is 0. The highest BCUT2D eigenvalue weighted by Crippen LogP contribution is 2.43. The molecule has 1 aliphatic carbocycles. The Bertz CT molecular complexity index is 694. The van der Waals surface area contributed by atoms with Crippen LogP contribution in [0.2, 0.25) is 0 Å². The lowest BCUT2D eigenvalue weighted by molar-refractivity contribution is -0.120. The van der Waals surface area contributed by atoms with Crippen LogP contribution >= 0.6 is 0 Å². The fraction of sp³-hybridized carbons (Fsp3) is 0.679. The van der Waals surface area contributed by atoms with Gasteiger partial charge in [-0.05, 0) is 90.4 Å². The van der Waals surface area contributed by atoms with Crippen molar-refractivity contribution in [3.05, 3.63) is 46.6 Å². The van der Waals surface area contributed by atoms with Crippen molar-refractivity contribution in [3.8, 4) is 0 Å². The number of aliphatic hydroxyl groups excluding tert-OH is 1. The summed E-state index contributed by atoms with van der Waals surface area (Å²) in [6.45, 7) is 13.2. The molecule has 3 nitrogen and oxygen atoms in total. The molecule has 0 fully saturated rings. The fourth-order valence-corrected chi connectivity index (χ4v) is 4.48. The molecule has 0 bridgehead atoms. The van der Waals surface area contributed by atoms with Gasteiger partial charge in [-0.15, -0.1) is 0 Å². The lowest BCUT2D eigenvalue weighted by Crippen LogP contribution is -2.39. The molecule has 31 heavy (non-hydrogen) atoms. The molecule has 176 valence electrons. The quantitative estimate of drug-likeness (QED) is 0.258. The fourth-order valence-electron chi connectivity index (χ4n) is 4.48. The Balaban J connectivity index is 2.34. The number of hydrogen-bond acceptors (Lipinski definition) is 2. The van der Waals surface area contributed by atoms with Crippen molar-refractivity contribution in [2.45, 2.75) is 105 Å². The summed E-state index contributed by atoms with van der Waals surface area (Å²) in [4.78, 5) is 11.3. The smallest absolute Gasteiger partial charge is 0.220 e. The van der Waals surface area contributed by atoms with Crippen LogP contribution in [0, 0.1) is 11.3 Å². The van der Waals surface area contributed by atoms with E-state index in [9.17, 15) is 9.90 Å². The Hall–Kier alpha value is -1.61. The third-order valence-electron chi connectivity index (χ3n) is 7.01. The Morgan fingerprint density at radius 1 is 1.00 bits per heavy atom. The van der Waals surface area contributed by atoms with Gasteiger partial charge in [0.1, 0.15) is 0 Å². The molecule has 2 atom stereocenters. The predicted molar refractivity (Wildman–Crippen MR) is 134 cm³/mol. The maximum atomic E-state index is 11.3. The van der Waals surface area contributed by atoms with Crippen LogP contribution in [0.15, 0.2) is 46.6 Å². The van der Waals surface area contributed by atoms with E-state index in [-0.39, 0.29) is 17.4 Å². The summed E-state index contributed by atoms with van der Waals surface area (Å²) in [5.74, 6) is 0.577. The molecule has 0 aliphatic heterocycles. The summed E-state index contributed by atoms with van der Waals surface area (Å²) in [5.41, 5.74) is 5.62. The number of amides is 1. The number of hydrogen-bond donors (Lipinski definition) is 2. The zero-order chi connectivity index (χ0) is 23.4. The van der Waals surface area contributed by atoms with Gasteiger partial charge >= 0.3 is 0 Å². The average Bonchev–Trinajstić information content (AvgIpc) is 2.72. The minimum Gasteiger partial charge on any atom is -0.392 e. The van der Waals surface area contributed by atoms with Gasteiger partial charge in [0.15, 0.2) is 0 Å². The molecule has 2 unspecified atom stereocenters. The maximum Gasteiger partial charge on any atom is 0.220 e. The summed E-state index contributed by atoms with van der Waals surface area (Å²) in [6.07, 6.45) is 17.8. The third kappa shape index (κ3) is 10.0. The second-order valence-corrected chi connectivity index (χ2v) is 10.1. The van der Waals surface area contributed by atoms with Gasteiger partial charge in [-0.25, -0.2) is 0 Å². The first-order valence-electron chi connectivity index (χ1n) is 12.1. The van der Waals surface area contributed by atoms with Crippen molar-refractivity contribution in [1.82, 2.24) is 5.32 Å². The van der Waals surface area contributed by atoms with E-state index in [0.29, 0.717) is 12.3 Å². The maximum absolute atomic E-state index is 11.3. The molecule has 0 saturated heterocycles. The first-order valence-corrected chi connectivity index (χ1v) is 12.1. The molecule has 0 aromatic carbocycles. The largest absolute Gasteiger partial charge is 0.392 e. The van der Waals surface area contributed by atoms with Gasteiger partial charge in [-0.3, -0.25) is 4.79 Å². The zero-order valence-electron chi connectivity index (χ0n) is 21.2. The number of aliphatic hydroxyl groups is 1. The second-order valence-electron chi connectivity index (χ2n) is 10.1. The molecule has 0 heterocycles. The molecule has 0 aromatic heterocycles. The van der Waals surface area contributed by atoms with Crippen molar-refractivity contribution in [2.75, 3.05) is 7.05 Å². The van der Waals surface area contributed by atoms with Gasteiger partial charge in [0.05, 0.1) is 6.10 Å². The first-order chi connectivity index (χ1) is 14.6. The summed E-state index contributed by atoms with van der Waals surface area (Å²) in [7, 11) is 1.69. The van der Waals surface area contributed by atoms with Gasteiger partial charge in [0.2, 0.25) is 5.91 Å². The van der Waals surface area contributed by atoms with E-state index in [4.69, 9.17) is 0 Å². The van der Waals surface area contributed by atoms with Gasteiger partial charge < -0.3 is 10.4 Å². The van der Waals surface area contributed by atoms with Crippen LogP contribution in [-0.4, -0.2) is 24.2 Å². The summed E-state index contributed by atoms with van der Waals surface area (Å²) in [5, 5.41) is 13.1. The van der Waals surface area contributed by atoms with Crippen LogP contribution in [0.1, 0.15) is 99.3 Å². The molecule has 1 amide bonds. The van der Waals surface area contributed by atoms with E-state index in [0.717, 1.165) is 51.4 Å². The van der Waals surface area contributed by atoms with E-state index in [1.807, 2.05) is 0 Å². The van der Waals surface area contributed by atoms with Crippen molar-refractivity contribution in [2.24, 2.45) is 11.3 Å². The molecule has 0 saturated carbocycles. The summed E-state index contributed by atoms with van der Waals surface area (Å²) in [6, 6.07) is 0. The Morgan fingerprint density at radius 2 is 1.55 bits per heavy atom. The highest BCUT2D eigenvalue weighted by Gasteiger charge is 2.38. The SMILES string of the molecule is CNC(=O)CC/C(C)=C/CC/C(C)=C/CC/C=C(\C)CCC1C(C)=CCC(O)C1(C)C. The van der Waals surface area contributed by atoms with Crippen LogP contribution in [0.5, 0.6) is 0 Å². The number of nitrogens with one attached hydrogen (secondary N) is 1. The molecule has 1 aliphatic rings. The number of allylic oxidation sites excluding steroid dienone is 7. The van der Waals surface area contributed by atoms with Crippen LogP contribution in [-0.2, 0) is 4.79 Å². The Labute approximate surface area is 191 Å². The molecule has 3 heteroatoms. The molecular weight excluding hydrogens is 382 g/mol. The van der Waals surface area contributed by atoms with Crippen molar-refractivity contribution in [1.29, 1.82) is 0 Å². The normalized spacial score (nSPS) is 22.3. The molecule has 0 radical (unpaired) electrons. The van der Waals surface area contributed by atoms with Crippen molar-refractivity contribution in [3.63, 3.8) is 0 Å². The molecule has 2 N–H and O–H groups in total. The van der Waals surface area contributed by atoms with Crippen molar-refractivity contribution < 1.29 is 9.90 Å². The topological polar surface area (TPSA) is 49.3 Å². The summed E-state index contributed by atoms with van der Waals surface area (Å²) < 4.78 is 0. The van der Waals surface area contributed by atoms with Crippen LogP contribution < -0.4 is 5.32 Å². The van der Waals surface area contributed by atoms with E-state index in [2.05, 4.69) is 71.2 Å². The second kappa shape index (κ2) is 13.7. The lowest BCUT2D eigenvalue weighted by atomic mass is 9.65. The zero-order valence-corrected chi connectivity index (χ0v) is 21.2. The van der Waals surface area contributed by atoms with Gasteiger partial charge in [0, 0.05) is 13.5 Å². The molecule has 0 spiro atoms. The highest BCUT2D eigenvalue weighted by atomic mass is 16.3. The predicted octanol–water partition coefficient (Wildman–Crippen LogP) is 7.05. The minimum absolute atomic E-state index is 0.0335. The van der Waals surface area contributed by atoms with Gasteiger partial charge in [0.25, 0.3) is 0 Å². The lowest BCUT2D eigenvalue weighted by Gasteiger charge is -2.42. The van der Waals surface area contributed by atoms with Crippen LogP contribution in [0.3, 0.4) is 0 Å². The Kier molecular flexibility index (Phi) is 12.1. The number of carbonyl (C=O) groups excluding carboxylic acids is 1. The van der Waals surface area contributed by atoms with Crippen LogP contribution in [0.4, 0.5) is 0 Å². The van der Waals surface area contributed by atoms with E-state index >= 15 is 0 Å². The number of rotatable bonds is 12. The highest BCUT2D eigenvalue weighted by molar-refractivity contribution is 5.75. The molecule has 0 aromatic rings. The first kappa shape index (κ1) is 27.4. The van der Waals surface area contributed by atoms with Crippen molar-refractivity contribution >= 4 is 5.91 Å². The third-order valence-corrected chi connectivity index (χ3v) is 7.01. The van der Waals surface area contributed by atoms with E-state index in [1.54, 1.807) is 7.05 Å². The minimum atomic E-state index is -0.229. The van der Waals surface area contributed by atoms with Gasteiger partial charge in [-0.2, -0.15) is 0 Å². The standard InChI is InChI=1S/C28H47NO2/c1-21(13-10-14-23(3)16-20-27(31)29-7)11-8-9-12-22(2)15-18-25-24(4)17-19-26(30)28(25,5)6/h11-12,14,17,25-26,30H,8-10,13,15-16,18-20H2,1-7H3,(H,29,31)/b21-11+,22-12+,23-14+. The van der Waals surface area contributed by atoms with E-state index < -0.39 is 0 Å². The van der Waals surface area contributed by atoms with E-state index in [1.165, 1.54) is 22.3 Å². The monoisotopic (exact) mass is 429 g/mol. The Morgan fingerprint density at radius 3 is 2.16 bits per heavy atom. The average molecular weight is 430 g/mol.